The molecule has 3 atom stereocenters. The molecule has 0 spiro atoms. The highest BCUT2D eigenvalue weighted by Crippen LogP contribution is 2.26. The highest BCUT2D eigenvalue weighted by molar-refractivity contribution is 7.99. The first-order chi connectivity index (χ1) is 8.44. The van der Waals surface area contributed by atoms with Crippen LogP contribution in [0.2, 0.25) is 0 Å². The summed E-state index contributed by atoms with van der Waals surface area (Å²) in [6.45, 7) is 6.73. The molecule has 1 amide bonds. The maximum atomic E-state index is 11.6. The summed E-state index contributed by atoms with van der Waals surface area (Å²) in [5.74, 6) is 3.40. The van der Waals surface area contributed by atoms with Crippen LogP contribution in [0.5, 0.6) is 0 Å². The normalized spacial score (nSPS) is 31.2. The lowest BCUT2D eigenvalue weighted by Crippen LogP contribution is -2.37. The Morgan fingerprint density at radius 3 is 2.78 bits per heavy atom. The summed E-state index contributed by atoms with van der Waals surface area (Å²) in [7, 11) is 0. The van der Waals surface area contributed by atoms with Crippen molar-refractivity contribution in [1.29, 1.82) is 0 Å². The van der Waals surface area contributed by atoms with Gasteiger partial charge in [0.15, 0.2) is 0 Å². The molecule has 1 heterocycles. The van der Waals surface area contributed by atoms with E-state index in [1.807, 2.05) is 32.5 Å². The number of rotatable bonds is 4. The summed E-state index contributed by atoms with van der Waals surface area (Å²) in [5.41, 5.74) is -0.414. The van der Waals surface area contributed by atoms with Crippen LogP contribution in [-0.4, -0.2) is 41.8 Å². The number of amides is 1. The molecule has 18 heavy (non-hydrogen) atoms. The Kier molecular flexibility index (Phi) is 4.43. The summed E-state index contributed by atoms with van der Waals surface area (Å²) in [4.78, 5) is 11.6. The largest absolute Gasteiger partial charge is 0.444 e. The molecule has 2 N–H and O–H groups in total. The molecule has 1 saturated heterocycles. The van der Waals surface area contributed by atoms with Gasteiger partial charge >= 0.3 is 6.09 Å². The lowest BCUT2D eigenvalue weighted by molar-refractivity contribution is 0.0522. The molecule has 0 radical (unpaired) electrons. The molecule has 1 aliphatic heterocycles. The first kappa shape index (κ1) is 14.0. The average Bonchev–Trinajstić information content (AvgIpc) is 2.76. The molecule has 5 heteroatoms. The van der Waals surface area contributed by atoms with E-state index in [4.69, 9.17) is 4.74 Å². The van der Waals surface area contributed by atoms with Crippen LogP contribution in [0.3, 0.4) is 0 Å². The number of carbonyl (C=O) groups is 1. The van der Waals surface area contributed by atoms with Crippen molar-refractivity contribution in [3.63, 3.8) is 0 Å². The standard InChI is InChI=1S/C13H24N2O2S/c1-13(2,3)17-12(16)15-11-6-10(11)14-7-9-4-5-18-8-9/h9-11,14H,4-8H2,1-3H3,(H,15,16). The second kappa shape index (κ2) is 5.70. The minimum Gasteiger partial charge on any atom is -0.444 e. The Balaban J connectivity index is 1.58. The number of carbonyl (C=O) groups excluding carboxylic acids is 1. The zero-order valence-corrected chi connectivity index (χ0v) is 12.3. The van der Waals surface area contributed by atoms with Crippen molar-refractivity contribution in [1.82, 2.24) is 10.6 Å². The predicted molar refractivity (Wildman–Crippen MR) is 75.0 cm³/mol. The van der Waals surface area contributed by atoms with E-state index < -0.39 is 5.60 Å². The highest BCUT2D eigenvalue weighted by Gasteiger charge is 2.39. The SMILES string of the molecule is CC(C)(C)OC(=O)NC1CC1NCC1CCSC1. The van der Waals surface area contributed by atoms with Gasteiger partial charge in [-0.1, -0.05) is 0 Å². The first-order valence-corrected chi connectivity index (χ1v) is 7.90. The molecule has 1 aliphatic carbocycles. The quantitative estimate of drug-likeness (QED) is 0.822. The molecule has 3 unspecified atom stereocenters. The molecule has 2 aliphatic rings. The number of alkyl carbamates (subject to hydrolysis) is 1. The third kappa shape index (κ3) is 4.69. The molecule has 0 aromatic rings. The zero-order valence-electron chi connectivity index (χ0n) is 11.5. The lowest BCUT2D eigenvalue weighted by atomic mass is 10.1. The van der Waals surface area contributed by atoms with Crippen molar-refractivity contribution in [3.05, 3.63) is 0 Å². The van der Waals surface area contributed by atoms with Crippen molar-refractivity contribution in [3.8, 4) is 0 Å². The number of hydrogen-bond acceptors (Lipinski definition) is 4. The molecule has 0 aromatic heterocycles. The second-order valence-electron chi connectivity index (χ2n) is 6.23. The summed E-state index contributed by atoms with van der Waals surface area (Å²) in [6, 6.07) is 0.706. The highest BCUT2D eigenvalue weighted by atomic mass is 32.2. The fourth-order valence-corrected chi connectivity index (χ4v) is 3.39. The summed E-state index contributed by atoms with van der Waals surface area (Å²) >= 11 is 2.04. The van der Waals surface area contributed by atoms with Gasteiger partial charge in [-0.25, -0.2) is 4.79 Å². The van der Waals surface area contributed by atoms with Crippen LogP contribution >= 0.6 is 11.8 Å². The van der Waals surface area contributed by atoms with E-state index in [0.717, 1.165) is 18.9 Å². The van der Waals surface area contributed by atoms with Crippen LogP contribution in [-0.2, 0) is 4.74 Å². The molecule has 1 saturated carbocycles. The van der Waals surface area contributed by atoms with Gasteiger partial charge in [-0.05, 0) is 57.6 Å². The Morgan fingerprint density at radius 1 is 1.39 bits per heavy atom. The van der Waals surface area contributed by atoms with Crippen LogP contribution in [0.4, 0.5) is 4.79 Å². The second-order valence-corrected chi connectivity index (χ2v) is 7.38. The van der Waals surface area contributed by atoms with Crippen LogP contribution in [0.25, 0.3) is 0 Å². The van der Waals surface area contributed by atoms with Gasteiger partial charge in [-0.15, -0.1) is 0 Å². The van der Waals surface area contributed by atoms with E-state index in [1.165, 1.54) is 17.9 Å². The topological polar surface area (TPSA) is 50.4 Å². The minimum absolute atomic E-state index is 0.258. The Morgan fingerprint density at radius 2 is 2.17 bits per heavy atom. The van der Waals surface area contributed by atoms with Crippen LogP contribution in [0.15, 0.2) is 0 Å². The smallest absolute Gasteiger partial charge is 0.407 e. The third-order valence-corrected chi connectivity index (χ3v) is 4.42. The van der Waals surface area contributed by atoms with E-state index >= 15 is 0 Å². The number of hydrogen-bond donors (Lipinski definition) is 2. The van der Waals surface area contributed by atoms with Crippen molar-refractivity contribution in [2.24, 2.45) is 5.92 Å². The van der Waals surface area contributed by atoms with Gasteiger partial charge in [0.05, 0.1) is 0 Å². The van der Waals surface area contributed by atoms with Gasteiger partial charge in [0.1, 0.15) is 5.60 Å². The van der Waals surface area contributed by atoms with E-state index in [0.29, 0.717) is 6.04 Å². The zero-order chi connectivity index (χ0) is 13.2. The van der Waals surface area contributed by atoms with Gasteiger partial charge in [0.2, 0.25) is 0 Å². The van der Waals surface area contributed by atoms with E-state index in [-0.39, 0.29) is 12.1 Å². The molecular formula is C13H24N2O2S. The molecule has 104 valence electrons. The van der Waals surface area contributed by atoms with Crippen LogP contribution in [0.1, 0.15) is 33.6 Å². The molecular weight excluding hydrogens is 248 g/mol. The van der Waals surface area contributed by atoms with Gasteiger partial charge in [0.25, 0.3) is 0 Å². The monoisotopic (exact) mass is 272 g/mol. The molecule has 2 rings (SSSR count). The fourth-order valence-electron chi connectivity index (χ4n) is 2.10. The number of nitrogens with one attached hydrogen (secondary N) is 2. The van der Waals surface area contributed by atoms with Crippen molar-refractivity contribution in [2.45, 2.75) is 51.3 Å². The number of ether oxygens (including phenoxy) is 1. The predicted octanol–water partition coefficient (Wildman–Crippen LogP) is 1.99. The lowest BCUT2D eigenvalue weighted by Gasteiger charge is -2.19. The van der Waals surface area contributed by atoms with Crippen LogP contribution in [0, 0.1) is 5.92 Å². The maximum Gasteiger partial charge on any atom is 0.407 e. The minimum atomic E-state index is -0.414. The molecule has 2 fully saturated rings. The van der Waals surface area contributed by atoms with E-state index in [1.54, 1.807) is 0 Å². The van der Waals surface area contributed by atoms with Crippen molar-refractivity contribution >= 4 is 17.9 Å². The van der Waals surface area contributed by atoms with E-state index in [9.17, 15) is 4.79 Å². The molecule has 0 bridgehead atoms. The first-order valence-electron chi connectivity index (χ1n) is 6.75. The average molecular weight is 272 g/mol. The van der Waals surface area contributed by atoms with Crippen molar-refractivity contribution < 1.29 is 9.53 Å². The Bertz CT molecular complexity index is 298. The Hall–Kier alpha value is -0.420. The van der Waals surface area contributed by atoms with Gasteiger partial charge in [-0.2, -0.15) is 11.8 Å². The van der Waals surface area contributed by atoms with Gasteiger partial charge in [-0.3, -0.25) is 0 Å². The number of thioether (sulfide) groups is 1. The van der Waals surface area contributed by atoms with E-state index in [2.05, 4.69) is 10.6 Å². The summed E-state index contributed by atoms with van der Waals surface area (Å²) < 4.78 is 5.23. The molecule has 4 nitrogen and oxygen atoms in total. The van der Waals surface area contributed by atoms with Gasteiger partial charge < -0.3 is 15.4 Å². The van der Waals surface area contributed by atoms with Crippen molar-refractivity contribution in [2.75, 3.05) is 18.1 Å². The van der Waals surface area contributed by atoms with Gasteiger partial charge in [0, 0.05) is 12.1 Å². The third-order valence-electron chi connectivity index (χ3n) is 3.19. The molecule has 0 aromatic carbocycles. The summed E-state index contributed by atoms with van der Waals surface area (Å²) in [5, 5.41) is 6.44. The summed E-state index contributed by atoms with van der Waals surface area (Å²) in [6.07, 6.45) is 2.06. The maximum absolute atomic E-state index is 11.6. The fraction of sp³-hybridized carbons (Fsp3) is 0.923. The van der Waals surface area contributed by atoms with Crippen LogP contribution < -0.4 is 10.6 Å². The Labute approximate surface area is 114 Å².